The average molecular weight is 323 g/mol. The van der Waals surface area contributed by atoms with Crippen molar-refractivity contribution in [2.24, 2.45) is 10.9 Å². The summed E-state index contributed by atoms with van der Waals surface area (Å²) in [5, 5.41) is 0. The van der Waals surface area contributed by atoms with Crippen LogP contribution in [0.15, 0.2) is 4.99 Å². The number of fused-ring (bicyclic) bond motifs is 1. The quantitative estimate of drug-likeness (QED) is 0.699. The Morgan fingerprint density at radius 1 is 1.09 bits per heavy atom. The van der Waals surface area contributed by atoms with E-state index in [1.54, 1.807) is 7.05 Å². The molecular weight excluding hydrogens is 298 g/mol. The number of aliphatic imine (C=N–C) groups is 1. The Morgan fingerprint density at radius 2 is 1.78 bits per heavy atom. The number of amidine groups is 1. The van der Waals surface area contributed by atoms with Gasteiger partial charge in [-0.3, -0.25) is 29.4 Å². The summed E-state index contributed by atoms with van der Waals surface area (Å²) >= 11 is 0. The van der Waals surface area contributed by atoms with Gasteiger partial charge in [0, 0.05) is 40.3 Å². The summed E-state index contributed by atoms with van der Waals surface area (Å²) in [5.41, 5.74) is 0. The van der Waals surface area contributed by atoms with Crippen LogP contribution in [0.1, 0.15) is 6.42 Å². The summed E-state index contributed by atoms with van der Waals surface area (Å²) in [7, 11) is 3.22. The summed E-state index contributed by atoms with van der Waals surface area (Å²) in [6, 6.07) is -0.300. The van der Waals surface area contributed by atoms with Gasteiger partial charge in [-0.25, -0.2) is 4.79 Å². The largest absolute Gasteiger partial charge is 0.379 e. The predicted molar refractivity (Wildman–Crippen MR) is 85.2 cm³/mol. The molecule has 0 aromatic heterocycles. The van der Waals surface area contributed by atoms with Crippen LogP contribution in [0.4, 0.5) is 4.79 Å². The Hall–Kier alpha value is -1.51. The van der Waals surface area contributed by atoms with E-state index in [0.717, 1.165) is 45.8 Å². The van der Waals surface area contributed by atoms with Crippen molar-refractivity contribution in [3.05, 3.63) is 0 Å². The molecule has 0 aromatic carbocycles. The normalized spacial score (nSPS) is 27.2. The number of imide groups is 1. The zero-order chi connectivity index (χ0) is 16.4. The van der Waals surface area contributed by atoms with E-state index in [9.17, 15) is 9.59 Å². The molecule has 3 aliphatic heterocycles. The lowest BCUT2D eigenvalue weighted by atomic mass is 10.0. The van der Waals surface area contributed by atoms with Gasteiger partial charge in [0.2, 0.25) is 5.91 Å². The highest BCUT2D eigenvalue weighted by molar-refractivity contribution is 6.17. The van der Waals surface area contributed by atoms with Crippen molar-refractivity contribution in [2.45, 2.75) is 6.42 Å². The molecule has 2 saturated heterocycles. The van der Waals surface area contributed by atoms with Crippen molar-refractivity contribution in [1.82, 2.24) is 19.6 Å². The molecule has 128 valence electrons. The van der Waals surface area contributed by atoms with Crippen molar-refractivity contribution >= 4 is 17.8 Å². The minimum absolute atomic E-state index is 0.148. The van der Waals surface area contributed by atoms with Crippen LogP contribution < -0.4 is 0 Å². The van der Waals surface area contributed by atoms with E-state index in [-0.39, 0.29) is 17.9 Å². The average Bonchev–Trinajstić information content (AvgIpc) is 2.59. The van der Waals surface area contributed by atoms with E-state index in [4.69, 9.17) is 4.74 Å². The summed E-state index contributed by atoms with van der Waals surface area (Å²) in [6.45, 7) is 6.81. The Labute approximate surface area is 136 Å². The fourth-order valence-electron chi connectivity index (χ4n) is 3.36. The first-order valence-corrected chi connectivity index (χ1v) is 8.20. The third-order valence-electron chi connectivity index (χ3n) is 4.78. The summed E-state index contributed by atoms with van der Waals surface area (Å²) in [5.74, 6) is 0.145. The number of hydrogen-bond acceptors (Lipinski definition) is 6. The van der Waals surface area contributed by atoms with Crippen LogP contribution in [0.3, 0.4) is 0 Å². The molecule has 0 spiro atoms. The zero-order valence-electron chi connectivity index (χ0n) is 13.9. The number of carbonyl (C=O) groups excluding carboxylic acids is 2. The Kier molecular flexibility index (Phi) is 4.93. The number of carbonyl (C=O) groups is 2. The van der Waals surface area contributed by atoms with Crippen LogP contribution in [-0.2, 0) is 9.53 Å². The molecule has 1 unspecified atom stereocenters. The maximum atomic E-state index is 12.3. The van der Waals surface area contributed by atoms with E-state index in [1.165, 1.54) is 16.8 Å². The Bertz CT molecular complexity index is 503. The van der Waals surface area contributed by atoms with Crippen LogP contribution in [0.5, 0.6) is 0 Å². The molecule has 8 heteroatoms. The molecule has 1 atom stereocenters. The van der Waals surface area contributed by atoms with Gasteiger partial charge >= 0.3 is 6.03 Å². The summed E-state index contributed by atoms with van der Waals surface area (Å²) < 4.78 is 5.35. The van der Waals surface area contributed by atoms with Crippen LogP contribution in [-0.4, -0.2) is 104 Å². The molecule has 0 aromatic rings. The number of amides is 3. The molecule has 0 aliphatic carbocycles. The number of morpholine rings is 1. The first-order valence-electron chi connectivity index (χ1n) is 8.20. The van der Waals surface area contributed by atoms with Gasteiger partial charge in [-0.1, -0.05) is 0 Å². The Morgan fingerprint density at radius 3 is 2.52 bits per heavy atom. The van der Waals surface area contributed by atoms with Crippen LogP contribution in [0.25, 0.3) is 0 Å². The Balaban J connectivity index is 1.53. The molecule has 23 heavy (non-hydrogen) atoms. The second-order valence-electron chi connectivity index (χ2n) is 6.33. The molecule has 0 bridgehead atoms. The van der Waals surface area contributed by atoms with Crippen molar-refractivity contribution in [3.8, 4) is 0 Å². The number of hydrogen-bond donors (Lipinski definition) is 0. The lowest BCUT2D eigenvalue weighted by molar-refractivity contribution is -0.131. The van der Waals surface area contributed by atoms with Crippen molar-refractivity contribution in [2.75, 3.05) is 66.7 Å². The summed E-state index contributed by atoms with van der Waals surface area (Å²) in [4.78, 5) is 36.1. The molecule has 0 N–H and O–H groups in total. The van der Waals surface area contributed by atoms with Gasteiger partial charge in [-0.15, -0.1) is 0 Å². The smallest absolute Gasteiger partial charge is 0.331 e. The van der Waals surface area contributed by atoms with Crippen molar-refractivity contribution < 1.29 is 14.3 Å². The van der Waals surface area contributed by atoms with Crippen LogP contribution in [0, 0.1) is 5.92 Å². The minimum atomic E-state index is -0.320. The first kappa shape index (κ1) is 16.4. The standard InChI is InChI=1S/C15H25N5O3/c1-17-13-12(14(21)18(2)15(17)22)10-20(11-16-13)5-3-4-19-6-8-23-9-7-19/h12H,3-11H2,1-2H3. The predicted octanol–water partition coefficient (Wildman–Crippen LogP) is -0.480. The van der Waals surface area contributed by atoms with E-state index in [1.807, 2.05) is 0 Å². The van der Waals surface area contributed by atoms with Gasteiger partial charge in [0.05, 0.1) is 19.9 Å². The molecule has 3 rings (SSSR count). The maximum absolute atomic E-state index is 12.3. The summed E-state index contributed by atoms with van der Waals surface area (Å²) in [6.07, 6.45) is 1.05. The lowest BCUT2D eigenvalue weighted by Gasteiger charge is -2.40. The SMILES string of the molecule is CN1C(=O)C2CN(CCCN3CCOCC3)CN=C2N(C)C1=O. The molecule has 3 aliphatic rings. The molecule has 0 saturated carbocycles. The van der Waals surface area contributed by atoms with Gasteiger partial charge in [0.25, 0.3) is 0 Å². The molecule has 2 fully saturated rings. The highest BCUT2D eigenvalue weighted by Crippen LogP contribution is 2.21. The van der Waals surface area contributed by atoms with E-state index >= 15 is 0 Å². The van der Waals surface area contributed by atoms with E-state index in [0.29, 0.717) is 19.0 Å². The van der Waals surface area contributed by atoms with Crippen molar-refractivity contribution in [1.29, 1.82) is 0 Å². The van der Waals surface area contributed by atoms with Crippen LogP contribution in [0.2, 0.25) is 0 Å². The fraction of sp³-hybridized carbons (Fsp3) is 0.800. The van der Waals surface area contributed by atoms with Crippen LogP contribution >= 0.6 is 0 Å². The van der Waals surface area contributed by atoms with E-state index < -0.39 is 0 Å². The third-order valence-corrected chi connectivity index (χ3v) is 4.78. The molecule has 3 heterocycles. The maximum Gasteiger partial charge on any atom is 0.331 e. The second kappa shape index (κ2) is 6.94. The van der Waals surface area contributed by atoms with Gasteiger partial charge < -0.3 is 4.74 Å². The molecule has 3 amide bonds. The highest BCUT2D eigenvalue weighted by atomic mass is 16.5. The zero-order valence-corrected chi connectivity index (χ0v) is 13.9. The van der Waals surface area contributed by atoms with Gasteiger partial charge in [-0.05, 0) is 13.0 Å². The van der Waals surface area contributed by atoms with Gasteiger partial charge in [0.1, 0.15) is 11.8 Å². The third kappa shape index (κ3) is 3.39. The molecule has 8 nitrogen and oxygen atoms in total. The van der Waals surface area contributed by atoms with E-state index in [2.05, 4.69) is 14.8 Å². The topological polar surface area (TPSA) is 68.7 Å². The van der Waals surface area contributed by atoms with Gasteiger partial charge in [-0.2, -0.15) is 0 Å². The molecular formula is C15H25N5O3. The monoisotopic (exact) mass is 323 g/mol. The molecule has 0 radical (unpaired) electrons. The number of rotatable bonds is 4. The number of nitrogens with zero attached hydrogens (tertiary/aromatic N) is 5. The minimum Gasteiger partial charge on any atom is -0.379 e. The second-order valence-corrected chi connectivity index (χ2v) is 6.33. The highest BCUT2D eigenvalue weighted by Gasteiger charge is 2.42. The first-order chi connectivity index (χ1) is 11.1. The van der Waals surface area contributed by atoms with Gasteiger partial charge in [0.15, 0.2) is 0 Å². The number of urea groups is 1. The van der Waals surface area contributed by atoms with Crippen molar-refractivity contribution in [3.63, 3.8) is 0 Å². The number of ether oxygens (including phenoxy) is 1. The lowest BCUT2D eigenvalue weighted by Crippen LogP contribution is -2.61. The fourth-order valence-corrected chi connectivity index (χ4v) is 3.36.